The summed E-state index contributed by atoms with van der Waals surface area (Å²) in [4.78, 5) is 0.445. The lowest BCUT2D eigenvalue weighted by Crippen LogP contribution is -2.47. The molecule has 0 saturated carbocycles. The van der Waals surface area contributed by atoms with Gasteiger partial charge in [0.2, 0.25) is 10.0 Å². The molecule has 0 amide bonds. The highest BCUT2D eigenvalue weighted by Crippen LogP contribution is 2.43. The van der Waals surface area contributed by atoms with Crippen LogP contribution in [0.4, 0.5) is 0 Å². The third-order valence-corrected chi connectivity index (χ3v) is 7.17. The summed E-state index contributed by atoms with van der Waals surface area (Å²) < 4.78 is 27.7. The summed E-state index contributed by atoms with van der Waals surface area (Å²) in [5, 5.41) is 3.38. The Morgan fingerprint density at radius 1 is 1.25 bits per heavy atom. The van der Waals surface area contributed by atoms with Crippen LogP contribution >= 0.6 is 0 Å². The number of aryl methyl sites for hydroxylation is 1. The van der Waals surface area contributed by atoms with Crippen molar-refractivity contribution in [1.29, 1.82) is 0 Å². The van der Waals surface area contributed by atoms with Gasteiger partial charge in [-0.25, -0.2) is 8.42 Å². The number of fused-ring (bicyclic) bond motifs is 1. The fourth-order valence-corrected chi connectivity index (χ4v) is 5.86. The molecule has 1 aromatic carbocycles. The second kappa shape index (κ2) is 4.55. The second-order valence-electron chi connectivity index (χ2n) is 6.48. The fraction of sp³-hybridized carbons (Fsp3) is 0.600. The van der Waals surface area contributed by atoms with Crippen LogP contribution in [0.5, 0.6) is 0 Å². The number of nitrogens with one attached hydrogen (secondary N) is 1. The SMILES string of the molecule is Cc1ccccc1S(=O)(=O)N1CC2CNCC2C1(C)C. The van der Waals surface area contributed by atoms with E-state index < -0.39 is 10.0 Å². The molecule has 0 aliphatic carbocycles. The molecule has 0 radical (unpaired) electrons. The van der Waals surface area contributed by atoms with Gasteiger partial charge in [-0.15, -0.1) is 0 Å². The summed E-state index contributed by atoms with van der Waals surface area (Å²) in [5.41, 5.74) is 0.494. The summed E-state index contributed by atoms with van der Waals surface area (Å²) in [6.45, 7) is 8.44. The highest BCUT2D eigenvalue weighted by atomic mass is 32.2. The Morgan fingerprint density at radius 3 is 2.60 bits per heavy atom. The number of sulfonamides is 1. The van der Waals surface area contributed by atoms with Crippen molar-refractivity contribution in [2.75, 3.05) is 19.6 Å². The summed E-state index contributed by atoms with van der Waals surface area (Å²) in [6.07, 6.45) is 0. The maximum Gasteiger partial charge on any atom is 0.243 e. The van der Waals surface area contributed by atoms with Crippen LogP contribution in [0.2, 0.25) is 0 Å². The Hall–Kier alpha value is -0.910. The topological polar surface area (TPSA) is 49.4 Å². The Kier molecular flexibility index (Phi) is 3.19. The van der Waals surface area contributed by atoms with Crippen molar-refractivity contribution in [2.24, 2.45) is 11.8 Å². The van der Waals surface area contributed by atoms with Crippen LogP contribution in [0, 0.1) is 18.8 Å². The third kappa shape index (κ3) is 1.91. The van der Waals surface area contributed by atoms with Crippen LogP contribution in [0.1, 0.15) is 19.4 Å². The molecule has 2 heterocycles. The normalized spacial score (nSPS) is 29.6. The zero-order valence-corrected chi connectivity index (χ0v) is 13.1. The lowest BCUT2D eigenvalue weighted by molar-refractivity contribution is 0.233. The summed E-state index contributed by atoms with van der Waals surface area (Å²) in [6, 6.07) is 7.25. The van der Waals surface area contributed by atoms with Gasteiger partial charge in [0.15, 0.2) is 0 Å². The molecule has 1 aromatic rings. The molecule has 0 spiro atoms. The predicted molar refractivity (Wildman–Crippen MR) is 79.0 cm³/mol. The number of nitrogens with zero attached hydrogens (tertiary/aromatic N) is 1. The third-order valence-electron chi connectivity index (χ3n) is 4.95. The van der Waals surface area contributed by atoms with Gasteiger partial charge in [-0.2, -0.15) is 4.31 Å². The number of hydrogen-bond acceptors (Lipinski definition) is 3. The van der Waals surface area contributed by atoms with Gasteiger partial charge in [-0.05, 0) is 50.8 Å². The van der Waals surface area contributed by atoms with Gasteiger partial charge in [-0.3, -0.25) is 0 Å². The van der Waals surface area contributed by atoms with Crippen molar-refractivity contribution < 1.29 is 8.42 Å². The first kappa shape index (κ1) is 14.0. The lowest BCUT2D eigenvalue weighted by Gasteiger charge is -2.34. The van der Waals surface area contributed by atoms with E-state index in [0.29, 0.717) is 23.3 Å². The van der Waals surface area contributed by atoms with Crippen molar-refractivity contribution in [3.8, 4) is 0 Å². The molecule has 110 valence electrons. The van der Waals surface area contributed by atoms with Crippen LogP contribution in [0.15, 0.2) is 29.2 Å². The van der Waals surface area contributed by atoms with E-state index in [4.69, 9.17) is 0 Å². The number of benzene rings is 1. The second-order valence-corrected chi connectivity index (χ2v) is 8.31. The van der Waals surface area contributed by atoms with Gasteiger partial charge in [0.05, 0.1) is 4.90 Å². The van der Waals surface area contributed by atoms with E-state index in [1.54, 1.807) is 16.4 Å². The van der Waals surface area contributed by atoms with Gasteiger partial charge < -0.3 is 5.32 Å². The van der Waals surface area contributed by atoms with E-state index >= 15 is 0 Å². The molecule has 20 heavy (non-hydrogen) atoms. The van der Waals surface area contributed by atoms with Crippen LogP contribution in [-0.2, 0) is 10.0 Å². The zero-order valence-electron chi connectivity index (χ0n) is 12.3. The van der Waals surface area contributed by atoms with E-state index in [1.807, 2.05) is 19.1 Å². The van der Waals surface area contributed by atoms with E-state index in [9.17, 15) is 8.42 Å². The van der Waals surface area contributed by atoms with Crippen LogP contribution in [-0.4, -0.2) is 37.9 Å². The molecule has 0 bridgehead atoms. The number of rotatable bonds is 2. The monoisotopic (exact) mass is 294 g/mol. The summed E-state index contributed by atoms with van der Waals surface area (Å²) >= 11 is 0. The molecule has 4 nitrogen and oxygen atoms in total. The van der Waals surface area contributed by atoms with E-state index in [-0.39, 0.29) is 5.54 Å². The van der Waals surface area contributed by atoms with Gasteiger partial charge in [0, 0.05) is 18.6 Å². The Labute approximate surface area is 121 Å². The molecule has 2 aliphatic heterocycles. The highest BCUT2D eigenvalue weighted by molar-refractivity contribution is 7.89. The van der Waals surface area contributed by atoms with Crippen LogP contribution < -0.4 is 5.32 Å². The molecule has 0 aromatic heterocycles. The lowest BCUT2D eigenvalue weighted by atomic mass is 9.85. The smallest absolute Gasteiger partial charge is 0.243 e. The molecule has 2 saturated heterocycles. The Bertz CT molecular complexity index is 625. The Balaban J connectivity index is 2.03. The van der Waals surface area contributed by atoms with Crippen molar-refractivity contribution in [1.82, 2.24) is 9.62 Å². The largest absolute Gasteiger partial charge is 0.316 e. The van der Waals surface area contributed by atoms with Gasteiger partial charge in [0.1, 0.15) is 0 Å². The van der Waals surface area contributed by atoms with Crippen molar-refractivity contribution in [3.63, 3.8) is 0 Å². The van der Waals surface area contributed by atoms with Gasteiger partial charge in [-0.1, -0.05) is 18.2 Å². The molecule has 3 rings (SSSR count). The molecule has 2 fully saturated rings. The molecule has 2 atom stereocenters. The minimum Gasteiger partial charge on any atom is -0.316 e. The van der Waals surface area contributed by atoms with E-state index in [1.165, 1.54) is 0 Å². The maximum absolute atomic E-state index is 13.0. The maximum atomic E-state index is 13.0. The number of hydrogen-bond donors (Lipinski definition) is 1. The first-order chi connectivity index (χ1) is 9.35. The zero-order chi connectivity index (χ0) is 14.5. The van der Waals surface area contributed by atoms with Crippen molar-refractivity contribution >= 4 is 10.0 Å². The first-order valence-corrected chi connectivity index (χ1v) is 8.58. The highest BCUT2D eigenvalue weighted by Gasteiger charge is 2.54. The molecule has 2 unspecified atom stereocenters. The predicted octanol–water partition coefficient (Wildman–Crippen LogP) is 1.61. The fourth-order valence-electron chi connectivity index (χ4n) is 3.76. The standard InChI is InChI=1S/C15H22N2O2S/c1-11-6-4-5-7-14(11)20(18,19)17-10-12-8-16-9-13(12)15(17,2)3/h4-7,12-13,16H,8-10H2,1-3H3. The van der Waals surface area contributed by atoms with Crippen molar-refractivity contribution in [2.45, 2.75) is 31.2 Å². The van der Waals surface area contributed by atoms with E-state index in [2.05, 4.69) is 19.2 Å². The minimum atomic E-state index is -3.41. The first-order valence-electron chi connectivity index (χ1n) is 7.14. The average molecular weight is 294 g/mol. The summed E-state index contributed by atoms with van der Waals surface area (Å²) in [5.74, 6) is 0.838. The van der Waals surface area contributed by atoms with Crippen molar-refractivity contribution in [3.05, 3.63) is 29.8 Å². The van der Waals surface area contributed by atoms with E-state index in [0.717, 1.165) is 18.7 Å². The van der Waals surface area contributed by atoms with Gasteiger partial charge in [0.25, 0.3) is 0 Å². The van der Waals surface area contributed by atoms with Crippen LogP contribution in [0.3, 0.4) is 0 Å². The minimum absolute atomic E-state index is 0.324. The molecule has 5 heteroatoms. The molecule has 1 N–H and O–H groups in total. The molecular formula is C15H22N2O2S. The quantitative estimate of drug-likeness (QED) is 0.901. The Morgan fingerprint density at radius 2 is 1.95 bits per heavy atom. The van der Waals surface area contributed by atoms with Gasteiger partial charge >= 0.3 is 0 Å². The van der Waals surface area contributed by atoms with Crippen LogP contribution in [0.25, 0.3) is 0 Å². The molecular weight excluding hydrogens is 272 g/mol. The summed E-state index contributed by atoms with van der Waals surface area (Å²) in [7, 11) is -3.41. The average Bonchev–Trinajstić information content (AvgIpc) is 2.92. The molecule has 2 aliphatic rings.